The molecule has 3 N–H and O–H groups in total. The molecule has 0 bridgehead atoms. The van der Waals surface area contributed by atoms with Crippen LogP contribution in [0.25, 0.3) is 0 Å². The number of nitrogens with zero attached hydrogens (tertiary/aromatic N) is 1. The van der Waals surface area contributed by atoms with Crippen LogP contribution in [-0.4, -0.2) is 54.3 Å². The van der Waals surface area contributed by atoms with E-state index in [1.54, 1.807) is 13.0 Å². The molecule has 1 fully saturated rings. The van der Waals surface area contributed by atoms with E-state index in [2.05, 4.69) is 10.6 Å². The lowest BCUT2D eigenvalue weighted by Crippen LogP contribution is -2.56. The lowest BCUT2D eigenvalue weighted by molar-refractivity contribution is -0.139. The van der Waals surface area contributed by atoms with Gasteiger partial charge in [0.25, 0.3) is 0 Å². The SMILES string of the molecule is CCN(CC(=O)O)C1CC(NC(=O)NC(C)c2ccc(OC)c(F)c2)C1. The van der Waals surface area contributed by atoms with E-state index in [-0.39, 0.29) is 36.5 Å². The standard InChI is InChI=1S/C18H26FN3O4/c1-4-22(10-17(23)24)14-8-13(9-14)21-18(25)20-11(2)12-5-6-16(26-3)15(19)7-12/h5-7,11,13-14H,4,8-10H2,1-3H3,(H,23,24)(H2,20,21,25). The first kappa shape index (κ1) is 20.0. The Morgan fingerprint density at radius 1 is 1.42 bits per heavy atom. The van der Waals surface area contributed by atoms with Crippen LogP contribution >= 0.6 is 0 Å². The maximum Gasteiger partial charge on any atom is 0.317 e. The average molecular weight is 367 g/mol. The fourth-order valence-electron chi connectivity index (χ4n) is 3.14. The summed E-state index contributed by atoms with van der Waals surface area (Å²) in [6.07, 6.45) is 1.44. The van der Waals surface area contributed by atoms with E-state index >= 15 is 0 Å². The number of benzene rings is 1. The maximum atomic E-state index is 13.8. The van der Waals surface area contributed by atoms with Crippen LogP contribution in [0, 0.1) is 5.82 Å². The molecule has 1 aliphatic carbocycles. The van der Waals surface area contributed by atoms with Crippen molar-refractivity contribution in [1.29, 1.82) is 0 Å². The molecule has 1 aliphatic rings. The molecule has 7 nitrogen and oxygen atoms in total. The molecule has 1 atom stereocenters. The number of hydrogen-bond acceptors (Lipinski definition) is 4. The molecule has 0 saturated heterocycles. The molecule has 2 rings (SSSR count). The zero-order chi connectivity index (χ0) is 19.3. The lowest BCUT2D eigenvalue weighted by atomic mass is 9.85. The van der Waals surface area contributed by atoms with Crippen molar-refractivity contribution in [3.05, 3.63) is 29.6 Å². The first-order chi connectivity index (χ1) is 12.3. The molecule has 26 heavy (non-hydrogen) atoms. The Bertz CT molecular complexity index is 649. The Hall–Kier alpha value is -2.35. The van der Waals surface area contributed by atoms with Crippen molar-refractivity contribution in [3.63, 3.8) is 0 Å². The third-order valence-electron chi connectivity index (χ3n) is 4.73. The van der Waals surface area contributed by atoms with Gasteiger partial charge in [0.1, 0.15) is 0 Å². The summed E-state index contributed by atoms with van der Waals surface area (Å²) in [6, 6.07) is 4.09. The number of aliphatic carboxylic acids is 1. The van der Waals surface area contributed by atoms with E-state index in [4.69, 9.17) is 9.84 Å². The van der Waals surface area contributed by atoms with Crippen LogP contribution in [-0.2, 0) is 4.79 Å². The molecule has 1 aromatic carbocycles. The summed E-state index contributed by atoms with van der Waals surface area (Å²) in [4.78, 5) is 24.8. The number of ether oxygens (including phenoxy) is 1. The number of halogens is 1. The zero-order valence-corrected chi connectivity index (χ0v) is 15.3. The second-order valence-electron chi connectivity index (χ2n) is 6.51. The molecule has 0 spiro atoms. The molecule has 8 heteroatoms. The van der Waals surface area contributed by atoms with Gasteiger partial charge in [0.15, 0.2) is 11.6 Å². The van der Waals surface area contributed by atoms with Gasteiger partial charge in [-0.2, -0.15) is 0 Å². The Kier molecular flexibility index (Phi) is 6.79. The smallest absolute Gasteiger partial charge is 0.317 e. The van der Waals surface area contributed by atoms with Crippen LogP contribution in [0.2, 0.25) is 0 Å². The average Bonchev–Trinajstić information content (AvgIpc) is 2.55. The number of carbonyl (C=O) groups excluding carboxylic acids is 1. The van der Waals surface area contributed by atoms with Crippen molar-refractivity contribution in [1.82, 2.24) is 15.5 Å². The van der Waals surface area contributed by atoms with Crippen LogP contribution in [0.15, 0.2) is 18.2 Å². The number of methoxy groups -OCH3 is 1. The van der Waals surface area contributed by atoms with E-state index < -0.39 is 11.8 Å². The predicted octanol–water partition coefficient (Wildman–Crippen LogP) is 2.13. The van der Waals surface area contributed by atoms with Crippen LogP contribution < -0.4 is 15.4 Å². The summed E-state index contributed by atoms with van der Waals surface area (Å²) in [7, 11) is 1.40. The van der Waals surface area contributed by atoms with E-state index in [1.807, 2.05) is 11.8 Å². The van der Waals surface area contributed by atoms with Gasteiger partial charge in [0, 0.05) is 12.1 Å². The van der Waals surface area contributed by atoms with Gasteiger partial charge in [-0.1, -0.05) is 13.0 Å². The summed E-state index contributed by atoms with van der Waals surface area (Å²) < 4.78 is 18.6. The second kappa shape index (κ2) is 8.84. The van der Waals surface area contributed by atoms with E-state index in [0.717, 1.165) is 12.8 Å². The van der Waals surface area contributed by atoms with E-state index in [1.165, 1.54) is 19.2 Å². The lowest BCUT2D eigenvalue weighted by Gasteiger charge is -2.42. The van der Waals surface area contributed by atoms with Gasteiger partial charge in [-0.15, -0.1) is 0 Å². The number of carboxylic acid groups (broad SMARTS) is 1. The topological polar surface area (TPSA) is 90.9 Å². The molecular formula is C18H26FN3O4. The first-order valence-electron chi connectivity index (χ1n) is 8.70. The van der Waals surface area contributed by atoms with Crippen molar-refractivity contribution >= 4 is 12.0 Å². The van der Waals surface area contributed by atoms with Crippen molar-refractivity contribution in [2.24, 2.45) is 0 Å². The second-order valence-corrected chi connectivity index (χ2v) is 6.51. The van der Waals surface area contributed by atoms with Gasteiger partial charge in [-0.25, -0.2) is 9.18 Å². The highest BCUT2D eigenvalue weighted by atomic mass is 19.1. The number of rotatable bonds is 8. The number of hydrogen-bond donors (Lipinski definition) is 3. The highest BCUT2D eigenvalue weighted by Crippen LogP contribution is 2.26. The van der Waals surface area contributed by atoms with Crippen molar-refractivity contribution in [3.8, 4) is 5.75 Å². The fourth-order valence-corrected chi connectivity index (χ4v) is 3.14. The molecule has 1 aromatic rings. The van der Waals surface area contributed by atoms with Crippen molar-refractivity contribution in [2.75, 3.05) is 20.2 Å². The predicted molar refractivity (Wildman–Crippen MR) is 94.7 cm³/mol. The third kappa shape index (κ3) is 5.08. The number of nitrogens with one attached hydrogen (secondary N) is 2. The van der Waals surface area contributed by atoms with Gasteiger partial charge >= 0.3 is 12.0 Å². The van der Waals surface area contributed by atoms with Crippen LogP contribution in [0.1, 0.15) is 38.3 Å². The minimum atomic E-state index is -0.846. The van der Waals surface area contributed by atoms with Gasteiger partial charge in [0.2, 0.25) is 0 Å². The number of likely N-dealkylation sites (N-methyl/N-ethyl adjacent to an activating group) is 1. The first-order valence-corrected chi connectivity index (χ1v) is 8.70. The molecular weight excluding hydrogens is 341 g/mol. The highest BCUT2D eigenvalue weighted by molar-refractivity contribution is 5.75. The van der Waals surface area contributed by atoms with Crippen LogP contribution in [0.4, 0.5) is 9.18 Å². The minimum Gasteiger partial charge on any atom is -0.494 e. The van der Waals surface area contributed by atoms with Gasteiger partial charge in [-0.3, -0.25) is 9.69 Å². The van der Waals surface area contributed by atoms with Crippen LogP contribution in [0.3, 0.4) is 0 Å². The molecule has 144 valence electrons. The Morgan fingerprint density at radius 3 is 2.65 bits per heavy atom. The number of carbonyl (C=O) groups is 2. The Morgan fingerprint density at radius 2 is 2.12 bits per heavy atom. The van der Waals surface area contributed by atoms with Crippen LogP contribution in [0.5, 0.6) is 5.75 Å². The summed E-state index contributed by atoms with van der Waals surface area (Å²) in [5, 5.41) is 14.6. The monoisotopic (exact) mass is 367 g/mol. The molecule has 1 unspecified atom stereocenters. The van der Waals surface area contributed by atoms with Gasteiger partial charge in [0.05, 0.1) is 19.7 Å². The summed E-state index contributed by atoms with van der Waals surface area (Å²) >= 11 is 0. The number of urea groups is 1. The molecule has 1 saturated carbocycles. The summed E-state index contributed by atoms with van der Waals surface area (Å²) in [5.41, 5.74) is 0.642. The van der Waals surface area contributed by atoms with Gasteiger partial charge < -0.3 is 20.5 Å². The normalized spacial score (nSPS) is 20.2. The largest absolute Gasteiger partial charge is 0.494 e. The van der Waals surface area contributed by atoms with Crippen molar-refractivity contribution in [2.45, 2.75) is 44.8 Å². The third-order valence-corrected chi connectivity index (χ3v) is 4.73. The molecule has 2 amide bonds. The fraction of sp³-hybridized carbons (Fsp3) is 0.556. The maximum absolute atomic E-state index is 13.8. The Balaban J connectivity index is 1.79. The van der Waals surface area contributed by atoms with E-state index in [0.29, 0.717) is 12.1 Å². The summed E-state index contributed by atoms with van der Waals surface area (Å²) in [5.74, 6) is -1.16. The number of amides is 2. The van der Waals surface area contributed by atoms with Gasteiger partial charge in [-0.05, 0) is 44.0 Å². The minimum absolute atomic E-state index is 0.0140. The Labute approximate surface area is 152 Å². The molecule has 0 heterocycles. The highest BCUT2D eigenvalue weighted by Gasteiger charge is 2.34. The molecule has 0 radical (unpaired) electrons. The quantitative estimate of drug-likeness (QED) is 0.655. The van der Waals surface area contributed by atoms with E-state index in [9.17, 15) is 14.0 Å². The summed E-state index contributed by atoms with van der Waals surface area (Å²) in [6.45, 7) is 4.37. The number of carboxylic acids is 1. The van der Waals surface area contributed by atoms with Crippen molar-refractivity contribution < 1.29 is 23.8 Å². The molecule has 0 aliphatic heterocycles. The molecule has 0 aromatic heterocycles. The zero-order valence-electron chi connectivity index (χ0n) is 15.3.